The topological polar surface area (TPSA) is 52.8 Å². The second kappa shape index (κ2) is 6.76. The van der Waals surface area contributed by atoms with Gasteiger partial charge in [-0.25, -0.2) is 14.4 Å². The third-order valence-electron chi connectivity index (χ3n) is 3.92. The van der Waals surface area contributed by atoms with Crippen molar-refractivity contribution < 1.29 is 9.13 Å². The van der Waals surface area contributed by atoms with Crippen molar-refractivity contribution in [1.82, 2.24) is 19.7 Å². The van der Waals surface area contributed by atoms with E-state index in [1.165, 1.54) is 13.2 Å². The number of rotatable bonds is 4. The minimum Gasteiger partial charge on any atom is -0.493 e. The van der Waals surface area contributed by atoms with Crippen molar-refractivity contribution in [2.45, 2.75) is 0 Å². The minimum absolute atomic E-state index is 0.122. The molecule has 0 bridgehead atoms. The summed E-state index contributed by atoms with van der Waals surface area (Å²) in [7, 11) is 1.43. The highest BCUT2D eigenvalue weighted by Gasteiger charge is 2.20. The molecule has 4 aromatic rings. The first-order valence-electron chi connectivity index (χ1n) is 8.04. The highest BCUT2D eigenvalue weighted by Crippen LogP contribution is 2.33. The fraction of sp³-hybridized carbons (Fsp3) is 0.0500. The monoisotopic (exact) mass is 346 g/mol. The quantitative estimate of drug-likeness (QED) is 0.557. The highest BCUT2D eigenvalue weighted by atomic mass is 19.1. The minimum atomic E-state index is -0.457. The zero-order valence-corrected chi connectivity index (χ0v) is 14.0. The second-order valence-electron chi connectivity index (χ2n) is 5.55. The number of benzene rings is 2. The summed E-state index contributed by atoms with van der Waals surface area (Å²) in [5, 5.41) is 4.60. The molecule has 4 rings (SSSR count). The van der Waals surface area contributed by atoms with Gasteiger partial charge in [-0.15, -0.1) is 5.10 Å². The Labute approximate surface area is 149 Å². The molecule has 0 atom stereocenters. The molecule has 0 saturated carbocycles. The van der Waals surface area contributed by atoms with Gasteiger partial charge < -0.3 is 4.74 Å². The summed E-state index contributed by atoms with van der Waals surface area (Å²) in [5.41, 5.74) is 1.37. The molecule has 128 valence electrons. The number of nitrogens with zero attached hydrogens (tertiary/aromatic N) is 4. The van der Waals surface area contributed by atoms with Gasteiger partial charge in [-0.05, 0) is 24.3 Å². The largest absolute Gasteiger partial charge is 0.493 e. The van der Waals surface area contributed by atoms with E-state index >= 15 is 0 Å². The maximum atomic E-state index is 14.2. The van der Waals surface area contributed by atoms with Gasteiger partial charge in [-0.2, -0.15) is 4.68 Å². The number of para-hydroxylation sites is 1. The molecule has 0 spiro atoms. The highest BCUT2D eigenvalue weighted by molar-refractivity contribution is 5.68. The Kier molecular flexibility index (Phi) is 4.15. The summed E-state index contributed by atoms with van der Waals surface area (Å²) in [6.45, 7) is 0. The number of halogens is 1. The normalized spacial score (nSPS) is 10.7. The van der Waals surface area contributed by atoms with E-state index in [4.69, 9.17) is 4.74 Å². The molecule has 2 aromatic heterocycles. The first-order valence-corrected chi connectivity index (χ1v) is 8.04. The average Bonchev–Trinajstić information content (AvgIpc) is 3.14. The van der Waals surface area contributed by atoms with Crippen LogP contribution in [0.1, 0.15) is 0 Å². The van der Waals surface area contributed by atoms with Crippen molar-refractivity contribution in [3.8, 4) is 34.3 Å². The van der Waals surface area contributed by atoms with Gasteiger partial charge in [0.25, 0.3) is 0 Å². The number of hydrogen-bond acceptors (Lipinski definition) is 4. The third-order valence-corrected chi connectivity index (χ3v) is 3.92. The zero-order chi connectivity index (χ0) is 17.9. The van der Waals surface area contributed by atoms with Crippen molar-refractivity contribution in [1.29, 1.82) is 0 Å². The fourth-order valence-electron chi connectivity index (χ4n) is 2.73. The van der Waals surface area contributed by atoms with E-state index < -0.39 is 5.82 Å². The summed E-state index contributed by atoms with van der Waals surface area (Å²) < 4.78 is 21.1. The zero-order valence-electron chi connectivity index (χ0n) is 14.0. The Bertz CT molecular complexity index is 1030. The molecule has 2 heterocycles. The number of hydrogen-bond donors (Lipinski definition) is 0. The van der Waals surface area contributed by atoms with E-state index in [0.717, 1.165) is 5.56 Å². The third kappa shape index (κ3) is 2.82. The van der Waals surface area contributed by atoms with Crippen LogP contribution in [0.5, 0.6) is 5.75 Å². The van der Waals surface area contributed by atoms with Crippen molar-refractivity contribution in [2.24, 2.45) is 0 Å². The van der Waals surface area contributed by atoms with Gasteiger partial charge in [0, 0.05) is 11.8 Å². The maximum Gasteiger partial charge on any atom is 0.182 e. The molecule has 0 aliphatic carbocycles. The smallest absolute Gasteiger partial charge is 0.182 e. The molecule has 0 radical (unpaired) electrons. The van der Waals surface area contributed by atoms with Crippen molar-refractivity contribution in [2.75, 3.05) is 7.11 Å². The van der Waals surface area contributed by atoms with Crippen LogP contribution in [0.15, 0.2) is 72.9 Å². The van der Waals surface area contributed by atoms with E-state index in [1.54, 1.807) is 23.0 Å². The molecule has 0 aliphatic heterocycles. The lowest BCUT2D eigenvalue weighted by Gasteiger charge is -2.09. The molecule has 0 saturated heterocycles. The van der Waals surface area contributed by atoms with Crippen LogP contribution >= 0.6 is 0 Å². The first-order chi connectivity index (χ1) is 12.8. The van der Waals surface area contributed by atoms with Gasteiger partial charge in [0.1, 0.15) is 0 Å². The Balaban J connectivity index is 1.97. The van der Waals surface area contributed by atoms with Crippen LogP contribution < -0.4 is 4.74 Å². The Morgan fingerprint density at radius 1 is 0.923 bits per heavy atom. The lowest BCUT2D eigenvalue weighted by Crippen LogP contribution is -2.03. The van der Waals surface area contributed by atoms with Crippen molar-refractivity contribution >= 4 is 0 Å². The molecule has 0 fully saturated rings. The van der Waals surface area contributed by atoms with E-state index in [1.807, 2.05) is 48.5 Å². The van der Waals surface area contributed by atoms with Gasteiger partial charge in [-0.3, -0.25) is 0 Å². The predicted molar refractivity (Wildman–Crippen MR) is 96.5 cm³/mol. The van der Waals surface area contributed by atoms with Crippen LogP contribution in [-0.4, -0.2) is 26.9 Å². The predicted octanol–water partition coefficient (Wildman–Crippen LogP) is 4.14. The van der Waals surface area contributed by atoms with Gasteiger partial charge in [-0.1, -0.05) is 42.5 Å². The summed E-state index contributed by atoms with van der Waals surface area (Å²) in [4.78, 5) is 8.99. The molecular formula is C20H15FN4O. The van der Waals surface area contributed by atoms with Crippen LogP contribution in [0, 0.1) is 5.82 Å². The standard InChI is InChI=1S/C20H15FN4O/c1-26-18-15(10-7-11-16(18)21)20-23-19(14-8-3-2-4-9-14)24-25(20)17-12-5-6-13-22-17/h2-13H,1H3. The Morgan fingerprint density at radius 3 is 2.46 bits per heavy atom. The molecule has 0 N–H and O–H groups in total. The van der Waals surface area contributed by atoms with Crippen LogP contribution in [0.25, 0.3) is 28.6 Å². The summed E-state index contributed by atoms with van der Waals surface area (Å²) in [5.74, 6) is 1.23. The Hall–Kier alpha value is -3.54. The number of pyridine rings is 1. The number of methoxy groups -OCH3 is 1. The molecule has 0 unspecified atom stereocenters. The number of aromatic nitrogens is 4. The molecule has 2 aromatic carbocycles. The van der Waals surface area contributed by atoms with Crippen LogP contribution in [0.4, 0.5) is 4.39 Å². The molecule has 0 aliphatic rings. The number of ether oxygens (including phenoxy) is 1. The summed E-state index contributed by atoms with van der Waals surface area (Å²) >= 11 is 0. The van der Waals surface area contributed by atoms with Gasteiger partial charge in [0.15, 0.2) is 29.0 Å². The van der Waals surface area contributed by atoms with Gasteiger partial charge in [0.2, 0.25) is 0 Å². The van der Waals surface area contributed by atoms with E-state index in [-0.39, 0.29) is 5.75 Å². The maximum absolute atomic E-state index is 14.2. The summed E-state index contributed by atoms with van der Waals surface area (Å²) in [6.07, 6.45) is 1.67. The van der Waals surface area contributed by atoms with Crippen molar-refractivity contribution in [3.05, 3.63) is 78.7 Å². The van der Waals surface area contributed by atoms with E-state index in [0.29, 0.717) is 23.0 Å². The lowest BCUT2D eigenvalue weighted by atomic mass is 10.1. The van der Waals surface area contributed by atoms with Gasteiger partial charge >= 0.3 is 0 Å². The molecule has 5 nitrogen and oxygen atoms in total. The molecular weight excluding hydrogens is 331 g/mol. The van der Waals surface area contributed by atoms with Gasteiger partial charge in [0.05, 0.1) is 12.7 Å². The second-order valence-corrected chi connectivity index (χ2v) is 5.55. The van der Waals surface area contributed by atoms with Crippen LogP contribution in [-0.2, 0) is 0 Å². The molecule has 0 amide bonds. The van der Waals surface area contributed by atoms with Crippen LogP contribution in [0.3, 0.4) is 0 Å². The lowest BCUT2D eigenvalue weighted by molar-refractivity contribution is 0.388. The molecule has 26 heavy (non-hydrogen) atoms. The fourth-order valence-corrected chi connectivity index (χ4v) is 2.73. The van der Waals surface area contributed by atoms with E-state index in [9.17, 15) is 4.39 Å². The summed E-state index contributed by atoms with van der Waals surface area (Å²) in [6, 6.07) is 19.8. The van der Waals surface area contributed by atoms with Crippen molar-refractivity contribution in [3.63, 3.8) is 0 Å². The van der Waals surface area contributed by atoms with Crippen LogP contribution in [0.2, 0.25) is 0 Å². The van der Waals surface area contributed by atoms with E-state index in [2.05, 4.69) is 15.1 Å². The Morgan fingerprint density at radius 2 is 1.73 bits per heavy atom. The molecule has 6 heteroatoms. The SMILES string of the molecule is COc1c(F)cccc1-c1nc(-c2ccccc2)nn1-c1ccccn1. The first kappa shape index (κ1) is 16.0. The average molecular weight is 346 g/mol.